The van der Waals surface area contributed by atoms with E-state index in [1.165, 1.54) is 20.3 Å². The van der Waals surface area contributed by atoms with Crippen molar-refractivity contribution in [2.75, 3.05) is 45.3 Å². The zero-order chi connectivity index (χ0) is 17.9. The fraction of sp³-hybridized carbons (Fsp3) is 0.533. The first kappa shape index (κ1) is 18.3. The van der Waals surface area contributed by atoms with Gasteiger partial charge in [0.25, 0.3) is 5.91 Å². The van der Waals surface area contributed by atoms with Crippen molar-refractivity contribution in [3.63, 3.8) is 0 Å². The second kappa shape index (κ2) is 7.27. The molecule has 0 bridgehead atoms. The maximum atomic E-state index is 12.7. The van der Waals surface area contributed by atoms with Crippen molar-refractivity contribution in [3.05, 3.63) is 17.7 Å². The Balaban J connectivity index is 2.42. The van der Waals surface area contributed by atoms with Crippen LogP contribution < -0.4 is 19.5 Å². The summed E-state index contributed by atoms with van der Waals surface area (Å²) >= 11 is 0. The predicted molar refractivity (Wildman–Crippen MR) is 91.4 cm³/mol. The monoisotopic (exact) mass is 357 g/mol. The first-order chi connectivity index (χ1) is 11.3. The van der Waals surface area contributed by atoms with E-state index in [9.17, 15) is 13.2 Å². The zero-order valence-corrected chi connectivity index (χ0v) is 15.1. The molecule has 0 saturated carbocycles. The van der Waals surface area contributed by atoms with Crippen LogP contribution in [-0.4, -0.2) is 65.9 Å². The van der Waals surface area contributed by atoms with Gasteiger partial charge in [-0.1, -0.05) is 0 Å². The summed E-state index contributed by atoms with van der Waals surface area (Å²) in [6.07, 6.45) is 1.91. The van der Waals surface area contributed by atoms with Gasteiger partial charge < -0.3 is 19.7 Å². The number of methoxy groups -OCH3 is 2. The molecule has 0 aliphatic carbocycles. The van der Waals surface area contributed by atoms with E-state index in [4.69, 9.17) is 9.47 Å². The smallest absolute Gasteiger partial charge is 0.254 e. The normalized spacial score (nSPS) is 17.4. The van der Waals surface area contributed by atoms with Gasteiger partial charge >= 0.3 is 0 Å². The van der Waals surface area contributed by atoms with Crippen molar-refractivity contribution in [3.8, 4) is 11.5 Å². The Labute approximate surface area is 142 Å². The number of likely N-dealkylation sites (N-methyl/N-ethyl adjacent to an activating group) is 1. The third-order valence-corrected chi connectivity index (χ3v) is 4.51. The first-order valence-electron chi connectivity index (χ1n) is 7.48. The molecule has 1 atom stereocenters. The van der Waals surface area contributed by atoms with Gasteiger partial charge in [0.2, 0.25) is 10.0 Å². The van der Waals surface area contributed by atoms with Crippen LogP contribution in [0.15, 0.2) is 12.1 Å². The number of anilines is 1. The molecule has 1 fully saturated rings. The fourth-order valence-corrected chi connectivity index (χ4v) is 3.25. The van der Waals surface area contributed by atoms with Gasteiger partial charge in [0.05, 0.1) is 26.2 Å². The minimum Gasteiger partial charge on any atom is -0.493 e. The van der Waals surface area contributed by atoms with E-state index in [0.717, 1.165) is 25.8 Å². The molecular formula is C15H23N3O5S. The van der Waals surface area contributed by atoms with Crippen molar-refractivity contribution < 1.29 is 22.7 Å². The molecule has 1 amide bonds. The number of nitrogens with one attached hydrogen (secondary N) is 2. The maximum Gasteiger partial charge on any atom is 0.254 e. The molecule has 134 valence electrons. The van der Waals surface area contributed by atoms with Crippen molar-refractivity contribution >= 4 is 21.6 Å². The second-order valence-corrected chi connectivity index (χ2v) is 7.44. The molecule has 24 heavy (non-hydrogen) atoms. The molecule has 0 radical (unpaired) electrons. The molecule has 1 heterocycles. The summed E-state index contributed by atoms with van der Waals surface area (Å²) in [6.45, 7) is 1.61. The Hall–Kier alpha value is -2.00. The summed E-state index contributed by atoms with van der Waals surface area (Å²) in [4.78, 5) is 14.4. The van der Waals surface area contributed by atoms with Gasteiger partial charge in [0.15, 0.2) is 11.5 Å². The molecule has 1 aromatic carbocycles. The van der Waals surface area contributed by atoms with E-state index < -0.39 is 10.0 Å². The van der Waals surface area contributed by atoms with Crippen molar-refractivity contribution in [2.24, 2.45) is 0 Å². The third-order valence-electron chi connectivity index (χ3n) is 3.92. The maximum absolute atomic E-state index is 12.7. The van der Waals surface area contributed by atoms with E-state index in [2.05, 4.69) is 10.0 Å². The van der Waals surface area contributed by atoms with Crippen LogP contribution in [-0.2, 0) is 10.0 Å². The number of carbonyl (C=O) groups is 1. The molecule has 2 rings (SSSR count). The summed E-state index contributed by atoms with van der Waals surface area (Å²) in [5, 5.41) is 3.21. The molecular weight excluding hydrogens is 334 g/mol. The molecule has 0 spiro atoms. The molecule has 2 N–H and O–H groups in total. The number of nitrogens with zero attached hydrogens (tertiary/aromatic N) is 1. The number of ether oxygens (including phenoxy) is 2. The van der Waals surface area contributed by atoms with Gasteiger partial charge in [-0.2, -0.15) is 0 Å². The summed E-state index contributed by atoms with van der Waals surface area (Å²) in [7, 11) is 1.04. The van der Waals surface area contributed by atoms with Gasteiger partial charge in [-0.05, 0) is 25.1 Å². The minimum absolute atomic E-state index is 0.108. The number of rotatable bonds is 6. The number of benzene rings is 1. The average Bonchev–Trinajstić information content (AvgIpc) is 3.05. The van der Waals surface area contributed by atoms with Crippen LogP contribution in [0.25, 0.3) is 0 Å². The summed E-state index contributed by atoms with van der Waals surface area (Å²) in [5.74, 6) is 0.304. The molecule has 1 aliphatic heterocycles. The van der Waals surface area contributed by atoms with Crippen LogP contribution in [0.2, 0.25) is 0 Å². The van der Waals surface area contributed by atoms with Crippen LogP contribution >= 0.6 is 0 Å². The highest BCUT2D eigenvalue weighted by Crippen LogP contribution is 2.37. The Morgan fingerprint density at radius 3 is 2.54 bits per heavy atom. The molecule has 1 saturated heterocycles. The number of sulfonamides is 1. The van der Waals surface area contributed by atoms with Crippen molar-refractivity contribution in [2.45, 2.75) is 12.5 Å². The highest BCUT2D eigenvalue weighted by Gasteiger charge is 2.26. The summed E-state index contributed by atoms with van der Waals surface area (Å²) in [6, 6.07) is 3.12. The van der Waals surface area contributed by atoms with E-state index in [1.807, 2.05) is 0 Å². The van der Waals surface area contributed by atoms with E-state index in [1.54, 1.807) is 18.0 Å². The SMILES string of the molecule is COc1cc(C(=O)N(C)C2CCNC2)cc(NS(C)(=O)=O)c1OC. The lowest BCUT2D eigenvalue weighted by atomic mass is 10.1. The van der Waals surface area contributed by atoms with Gasteiger partial charge in [-0.3, -0.25) is 9.52 Å². The lowest BCUT2D eigenvalue weighted by Crippen LogP contribution is -2.38. The Morgan fingerprint density at radius 1 is 1.33 bits per heavy atom. The van der Waals surface area contributed by atoms with Gasteiger partial charge in [-0.15, -0.1) is 0 Å². The van der Waals surface area contributed by atoms with Crippen molar-refractivity contribution in [1.82, 2.24) is 10.2 Å². The molecule has 1 aromatic rings. The van der Waals surface area contributed by atoms with Crippen LogP contribution in [0.1, 0.15) is 16.8 Å². The first-order valence-corrected chi connectivity index (χ1v) is 9.37. The highest BCUT2D eigenvalue weighted by atomic mass is 32.2. The van der Waals surface area contributed by atoms with Gasteiger partial charge in [0.1, 0.15) is 0 Å². The standard InChI is InChI=1S/C15H23N3O5S/c1-18(11-5-6-16-9-11)15(19)10-7-12(17-24(4,20)21)14(23-3)13(8-10)22-2/h7-8,11,16-17H,5-6,9H2,1-4H3. The van der Waals surface area contributed by atoms with Crippen LogP contribution in [0.4, 0.5) is 5.69 Å². The molecule has 8 nitrogen and oxygen atoms in total. The molecule has 9 heteroatoms. The quantitative estimate of drug-likeness (QED) is 0.770. The fourth-order valence-electron chi connectivity index (χ4n) is 2.70. The summed E-state index contributed by atoms with van der Waals surface area (Å²) in [5.41, 5.74) is 0.494. The van der Waals surface area contributed by atoms with Crippen LogP contribution in [0.3, 0.4) is 0 Å². The molecule has 1 aliphatic rings. The average molecular weight is 357 g/mol. The van der Waals surface area contributed by atoms with E-state index >= 15 is 0 Å². The molecule has 0 aromatic heterocycles. The highest BCUT2D eigenvalue weighted by molar-refractivity contribution is 7.92. The number of hydrogen-bond acceptors (Lipinski definition) is 6. The van der Waals surface area contributed by atoms with Crippen LogP contribution in [0.5, 0.6) is 11.5 Å². The lowest BCUT2D eigenvalue weighted by Gasteiger charge is -2.24. The molecule has 1 unspecified atom stereocenters. The van der Waals surface area contributed by atoms with Gasteiger partial charge in [-0.25, -0.2) is 8.42 Å². The third kappa shape index (κ3) is 4.09. The Morgan fingerprint density at radius 2 is 2.04 bits per heavy atom. The van der Waals surface area contributed by atoms with Crippen LogP contribution in [0, 0.1) is 0 Å². The van der Waals surface area contributed by atoms with Crippen molar-refractivity contribution in [1.29, 1.82) is 0 Å². The Kier molecular flexibility index (Phi) is 5.55. The number of carbonyl (C=O) groups excluding carboxylic acids is 1. The summed E-state index contributed by atoms with van der Waals surface area (Å²) < 4.78 is 36.0. The second-order valence-electron chi connectivity index (χ2n) is 5.70. The minimum atomic E-state index is -3.53. The Bertz CT molecular complexity index is 714. The van der Waals surface area contributed by atoms with E-state index in [0.29, 0.717) is 5.56 Å². The zero-order valence-electron chi connectivity index (χ0n) is 14.3. The largest absolute Gasteiger partial charge is 0.493 e. The lowest BCUT2D eigenvalue weighted by molar-refractivity contribution is 0.0743. The number of amides is 1. The predicted octanol–water partition coefficient (Wildman–Crippen LogP) is 0.509. The number of hydrogen-bond donors (Lipinski definition) is 2. The van der Waals surface area contributed by atoms with Gasteiger partial charge in [0, 0.05) is 25.2 Å². The topological polar surface area (TPSA) is 97.0 Å². The van der Waals surface area contributed by atoms with E-state index in [-0.39, 0.29) is 29.1 Å².